The lowest BCUT2D eigenvalue weighted by molar-refractivity contribution is 0.171. The molecule has 0 aliphatic rings. The molecule has 0 aliphatic carbocycles. The molecular formula is C29H38FN3O2. The highest BCUT2D eigenvalue weighted by molar-refractivity contribution is 5.91. The van der Waals surface area contributed by atoms with Crippen LogP contribution in [-0.2, 0) is 17.8 Å². The number of urea groups is 1. The molecule has 0 radical (unpaired) electrons. The Balaban J connectivity index is 1.85. The van der Waals surface area contributed by atoms with Crippen LogP contribution in [-0.4, -0.2) is 35.8 Å². The lowest BCUT2D eigenvalue weighted by Gasteiger charge is -2.27. The standard InChI is InChI=1S/C29H38FN3O2/c1-21(2)26-13-7-14-27(22(3)4)28(26)31-29(34)33(16-9-17-35-5)20-25-12-8-15-32(25)19-23-10-6-11-24(30)18-23/h6-8,10-15,18,21-22H,9,16-17,19-20H2,1-5H3,(H,31,34). The topological polar surface area (TPSA) is 46.5 Å². The summed E-state index contributed by atoms with van der Waals surface area (Å²) >= 11 is 0. The second-order valence-corrected chi connectivity index (χ2v) is 9.58. The van der Waals surface area contributed by atoms with Gasteiger partial charge in [-0.15, -0.1) is 0 Å². The fourth-order valence-electron chi connectivity index (χ4n) is 4.31. The van der Waals surface area contributed by atoms with E-state index in [-0.39, 0.29) is 23.7 Å². The molecule has 0 spiro atoms. The summed E-state index contributed by atoms with van der Waals surface area (Å²) in [6, 6.07) is 16.7. The first kappa shape index (κ1) is 26.5. The van der Waals surface area contributed by atoms with Gasteiger partial charge >= 0.3 is 6.03 Å². The van der Waals surface area contributed by atoms with E-state index >= 15 is 0 Å². The second kappa shape index (κ2) is 12.5. The van der Waals surface area contributed by atoms with Crippen molar-refractivity contribution in [2.45, 2.75) is 59.0 Å². The van der Waals surface area contributed by atoms with Crippen molar-refractivity contribution in [2.75, 3.05) is 25.6 Å². The van der Waals surface area contributed by atoms with Gasteiger partial charge in [0.25, 0.3) is 0 Å². The fraction of sp³-hybridized carbons (Fsp3) is 0.414. The Kier molecular flexibility index (Phi) is 9.49. The molecule has 6 heteroatoms. The van der Waals surface area contributed by atoms with Gasteiger partial charge in [-0.05, 0) is 59.2 Å². The Morgan fingerprint density at radius 1 is 1.03 bits per heavy atom. The molecule has 2 amide bonds. The van der Waals surface area contributed by atoms with Crippen LogP contribution < -0.4 is 5.32 Å². The number of hydrogen-bond donors (Lipinski definition) is 1. The van der Waals surface area contributed by atoms with Crippen LogP contribution in [0.1, 0.15) is 68.3 Å². The predicted molar refractivity (Wildman–Crippen MR) is 140 cm³/mol. The van der Waals surface area contributed by atoms with E-state index in [1.807, 2.05) is 29.3 Å². The molecule has 1 aromatic heterocycles. The Labute approximate surface area is 208 Å². The molecule has 5 nitrogen and oxygen atoms in total. The first-order valence-corrected chi connectivity index (χ1v) is 12.4. The Morgan fingerprint density at radius 3 is 2.34 bits per heavy atom. The van der Waals surface area contributed by atoms with Crippen LogP contribution in [0.25, 0.3) is 0 Å². The highest BCUT2D eigenvalue weighted by atomic mass is 19.1. The Hall–Kier alpha value is -3.12. The first-order valence-electron chi connectivity index (χ1n) is 12.4. The highest BCUT2D eigenvalue weighted by Gasteiger charge is 2.20. The van der Waals surface area contributed by atoms with E-state index in [1.54, 1.807) is 19.2 Å². The number of carbonyl (C=O) groups excluding carboxylic acids is 1. The van der Waals surface area contributed by atoms with Crippen LogP contribution in [0.3, 0.4) is 0 Å². The molecule has 3 rings (SSSR count). The van der Waals surface area contributed by atoms with E-state index in [0.717, 1.165) is 34.5 Å². The number of methoxy groups -OCH3 is 1. The van der Waals surface area contributed by atoms with Gasteiger partial charge in [0.15, 0.2) is 0 Å². The van der Waals surface area contributed by atoms with E-state index in [4.69, 9.17) is 4.74 Å². The molecule has 2 aromatic carbocycles. The van der Waals surface area contributed by atoms with Gasteiger partial charge in [0, 0.05) is 44.4 Å². The molecule has 1 N–H and O–H groups in total. The van der Waals surface area contributed by atoms with Crippen molar-refractivity contribution < 1.29 is 13.9 Å². The molecule has 3 aromatic rings. The Morgan fingerprint density at radius 2 is 1.71 bits per heavy atom. The van der Waals surface area contributed by atoms with Gasteiger partial charge in [0.2, 0.25) is 0 Å². The van der Waals surface area contributed by atoms with Gasteiger partial charge in [0.05, 0.1) is 6.54 Å². The van der Waals surface area contributed by atoms with Gasteiger partial charge in [-0.2, -0.15) is 0 Å². The summed E-state index contributed by atoms with van der Waals surface area (Å²) in [5.74, 6) is 0.324. The largest absolute Gasteiger partial charge is 0.385 e. The van der Waals surface area contributed by atoms with E-state index in [0.29, 0.717) is 26.2 Å². The molecule has 0 unspecified atom stereocenters. The molecule has 0 aliphatic heterocycles. The minimum Gasteiger partial charge on any atom is -0.385 e. The maximum absolute atomic E-state index is 13.7. The summed E-state index contributed by atoms with van der Waals surface area (Å²) in [6.45, 7) is 10.7. The zero-order valence-corrected chi connectivity index (χ0v) is 21.6. The lowest BCUT2D eigenvalue weighted by Crippen LogP contribution is -2.37. The van der Waals surface area contributed by atoms with E-state index in [1.165, 1.54) is 6.07 Å². The molecule has 0 atom stereocenters. The number of rotatable bonds is 11. The van der Waals surface area contributed by atoms with Crippen molar-refractivity contribution in [1.29, 1.82) is 0 Å². The maximum Gasteiger partial charge on any atom is 0.322 e. The minimum absolute atomic E-state index is 0.130. The van der Waals surface area contributed by atoms with Crippen molar-refractivity contribution >= 4 is 11.7 Å². The number of amides is 2. The van der Waals surface area contributed by atoms with Gasteiger partial charge < -0.3 is 19.5 Å². The number of aromatic nitrogens is 1. The zero-order valence-electron chi connectivity index (χ0n) is 21.6. The van der Waals surface area contributed by atoms with Gasteiger partial charge in [-0.1, -0.05) is 58.0 Å². The molecular weight excluding hydrogens is 441 g/mol. The summed E-state index contributed by atoms with van der Waals surface area (Å²) < 4.78 is 21.0. The van der Waals surface area contributed by atoms with Crippen LogP contribution in [0.15, 0.2) is 60.8 Å². The zero-order chi connectivity index (χ0) is 25.4. The molecule has 0 fully saturated rings. The van der Waals surface area contributed by atoms with Crippen LogP contribution in [0.2, 0.25) is 0 Å². The number of nitrogens with zero attached hydrogens (tertiary/aromatic N) is 2. The average Bonchev–Trinajstić information content (AvgIpc) is 3.24. The number of benzene rings is 2. The van der Waals surface area contributed by atoms with Crippen LogP contribution in [0.4, 0.5) is 14.9 Å². The summed E-state index contributed by atoms with van der Waals surface area (Å²) in [4.78, 5) is 15.4. The molecule has 1 heterocycles. The number of ether oxygens (including phenoxy) is 1. The van der Waals surface area contributed by atoms with E-state index in [2.05, 4.69) is 55.8 Å². The molecule has 0 saturated heterocycles. The molecule has 0 saturated carbocycles. The SMILES string of the molecule is COCCCN(Cc1cccn1Cc1cccc(F)c1)C(=O)Nc1c(C(C)C)cccc1C(C)C. The van der Waals surface area contributed by atoms with E-state index in [9.17, 15) is 9.18 Å². The summed E-state index contributed by atoms with van der Waals surface area (Å²) in [6.07, 6.45) is 2.70. The number of para-hydroxylation sites is 1. The average molecular weight is 480 g/mol. The maximum atomic E-state index is 13.7. The van der Waals surface area contributed by atoms with Gasteiger partial charge in [-0.3, -0.25) is 0 Å². The third kappa shape index (κ3) is 7.18. The highest BCUT2D eigenvalue weighted by Crippen LogP contribution is 2.32. The van der Waals surface area contributed by atoms with Crippen molar-refractivity contribution in [3.63, 3.8) is 0 Å². The molecule has 35 heavy (non-hydrogen) atoms. The number of hydrogen-bond acceptors (Lipinski definition) is 2. The number of anilines is 1. The number of nitrogens with one attached hydrogen (secondary N) is 1. The van der Waals surface area contributed by atoms with Crippen molar-refractivity contribution in [1.82, 2.24) is 9.47 Å². The lowest BCUT2D eigenvalue weighted by atomic mass is 9.93. The van der Waals surface area contributed by atoms with Crippen molar-refractivity contribution in [3.05, 3.63) is 89.0 Å². The van der Waals surface area contributed by atoms with Gasteiger partial charge in [0.1, 0.15) is 5.82 Å². The van der Waals surface area contributed by atoms with Crippen LogP contribution in [0, 0.1) is 5.82 Å². The number of halogens is 1. The van der Waals surface area contributed by atoms with Crippen LogP contribution in [0.5, 0.6) is 0 Å². The summed E-state index contributed by atoms with van der Waals surface area (Å²) in [5.41, 5.74) is 5.05. The predicted octanol–water partition coefficient (Wildman–Crippen LogP) is 6.99. The minimum atomic E-state index is -0.249. The Bertz CT molecular complexity index is 1080. The van der Waals surface area contributed by atoms with Crippen LogP contribution >= 0.6 is 0 Å². The van der Waals surface area contributed by atoms with Crippen molar-refractivity contribution in [2.24, 2.45) is 0 Å². The monoisotopic (exact) mass is 479 g/mol. The first-order chi connectivity index (χ1) is 16.8. The third-order valence-electron chi connectivity index (χ3n) is 6.19. The quantitative estimate of drug-likeness (QED) is 0.301. The fourth-order valence-corrected chi connectivity index (χ4v) is 4.31. The number of carbonyl (C=O) groups is 1. The molecule has 0 bridgehead atoms. The third-order valence-corrected chi connectivity index (χ3v) is 6.19. The van der Waals surface area contributed by atoms with E-state index < -0.39 is 0 Å². The molecule has 188 valence electrons. The summed E-state index contributed by atoms with van der Waals surface area (Å²) in [5, 5.41) is 3.25. The normalized spacial score (nSPS) is 11.3. The second-order valence-electron chi connectivity index (χ2n) is 9.58. The van der Waals surface area contributed by atoms with Crippen molar-refractivity contribution in [3.8, 4) is 0 Å². The summed E-state index contributed by atoms with van der Waals surface area (Å²) in [7, 11) is 1.67. The van der Waals surface area contributed by atoms with Gasteiger partial charge in [-0.25, -0.2) is 9.18 Å². The smallest absolute Gasteiger partial charge is 0.322 e.